The predicted molar refractivity (Wildman–Crippen MR) is 76.4 cm³/mol. The van der Waals surface area contributed by atoms with E-state index >= 15 is 0 Å². The van der Waals surface area contributed by atoms with Gasteiger partial charge in [0.05, 0.1) is 17.7 Å². The zero-order chi connectivity index (χ0) is 12.4. The van der Waals surface area contributed by atoms with Crippen molar-refractivity contribution >= 4 is 39.5 Å². The van der Waals surface area contributed by atoms with E-state index in [0.29, 0.717) is 12.2 Å². The lowest BCUT2D eigenvalue weighted by atomic mass is 10.1. The van der Waals surface area contributed by atoms with Crippen molar-refractivity contribution in [3.8, 4) is 0 Å². The second kappa shape index (κ2) is 5.08. The number of benzene rings is 1. The molecule has 2 aromatic rings. The summed E-state index contributed by atoms with van der Waals surface area (Å²) in [5.74, 6) is -0.254. The van der Waals surface area contributed by atoms with Crippen molar-refractivity contribution in [3.05, 3.63) is 33.0 Å². The number of aryl methyl sites for hydroxylation is 1. The van der Waals surface area contributed by atoms with Crippen LogP contribution in [0.5, 0.6) is 0 Å². The highest BCUT2D eigenvalue weighted by molar-refractivity contribution is 14.1. The molecule has 0 aliphatic heterocycles. The van der Waals surface area contributed by atoms with E-state index in [-0.39, 0.29) is 5.97 Å². The Kier molecular flexibility index (Phi) is 3.71. The van der Waals surface area contributed by atoms with Gasteiger partial charge in [-0.2, -0.15) is 0 Å². The zero-order valence-electron chi connectivity index (χ0n) is 9.84. The molecule has 0 saturated carbocycles. The number of nitrogens with one attached hydrogen (secondary N) is 1. The number of rotatable bonds is 3. The molecule has 0 atom stereocenters. The van der Waals surface area contributed by atoms with Gasteiger partial charge in [0, 0.05) is 15.2 Å². The molecule has 0 aliphatic carbocycles. The highest BCUT2D eigenvalue weighted by atomic mass is 127. The van der Waals surface area contributed by atoms with E-state index in [1.165, 1.54) is 5.56 Å². The molecular weight excluding hydrogens is 329 g/mol. The third-order valence-corrected chi connectivity index (χ3v) is 3.57. The van der Waals surface area contributed by atoms with Gasteiger partial charge in [-0.1, -0.05) is 6.92 Å². The van der Waals surface area contributed by atoms with Crippen molar-refractivity contribution in [3.63, 3.8) is 0 Å². The number of hydrogen-bond donors (Lipinski definition) is 1. The Balaban J connectivity index is 2.56. The van der Waals surface area contributed by atoms with E-state index in [1.807, 2.05) is 25.3 Å². The lowest BCUT2D eigenvalue weighted by molar-refractivity contribution is 0.0526. The number of H-pyrrole nitrogens is 1. The summed E-state index contributed by atoms with van der Waals surface area (Å²) in [6, 6.07) is 3.77. The Morgan fingerprint density at radius 1 is 1.41 bits per heavy atom. The van der Waals surface area contributed by atoms with Crippen molar-refractivity contribution in [1.29, 1.82) is 0 Å². The van der Waals surface area contributed by atoms with Crippen molar-refractivity contribution < 1.29 is 9.53 Å². The first-order chi connectivity index (χ1) is 8.17. The van der Waals surface area contributed by atoms with Crippen LogP contribution >= 0.6 is 22.6 Å². The first-order valence-electron chi connectivity index (χ1n) is 5.64. The average molecular weight is 343 g/mol. The number of carbonyl (C=O) groups excluding carboxylic acids is 1. The molecule has 90 valence electrons. The van der Waals surface area contributed by atoms with Crippen LogP contribution in [0.15, 0.2) is 18.3 Å². The maximum Gasteiger partial charge on any atom is 0.338 e. The maximum atomic E-state index is 11.7. The van der Waals surface area contributed by atoms with E-state index in [1.54, 1.807) is 0 Å². The zero-order valence-corrected chi connectivity index (χ0v) is 12.0. The minimum absolute atomic E-state index is 0.254. The maximum absolute atomic E-state index is 11.7. The molecule has 1 aromatic heterocycles. The van der Waals surface area contributed by atoms with Crippen LogP contribution in [0.3, 0.4) is 0 Å². The Morgan fingerprint density at radius 3 is 2.82 bits per heavy atom. The molecule has 0 unspecified atom stereocenters. The lowest BCUT2D eigenvalue weighted by Gasteiger charge is -2.04. The van der Waals surface area contributed by atoms with E-state index < -0.39 is 0 Å². The van der Waals surface area contributed by atoms with Crippen molar-refractivity contribution in [2.45, 2.75) is 20.3 Å². The second-order valence-corrected chi connectivity index (χ2v) is 4.93. The van der Waals surface area contributed by atoms with E-state index in [9.17, 15) is 4.79 Å². The third kappa shape index (κ3) is 2.31. The van der Waals surface area contributed by atoms with Gasteiger partial charge >= 0.3 is 5.97 Å². The Morgan fingerprint density at radius 2 is 2.18 bits per heavy atom. The smallest absolute Gasteiger partial charge is 0.338 e. The van der Waals surface area contributed by atoms with Crippen LogP contribution in [0.2, 0.25) is 0 Å². The highest BCUT2D eigenvalue weighted by Gasteiger charge is 2.12. The normalized spacial score (nSPS) is 10.8. The number of fused-ring (bicyclic) bond motifs is 1. The summed E-state index contributed by atoms with van der Waals surface area (Å²) in [7, 11) is 0. The molecule has 3 nitrogen and oxygen atoms in total. The van der Waals surface area contributed by atoms with Crippen LogP contribution in [0.25, 0.3) is 10.9 Å². The minimum atomic E-state index is -0.254. The molecule has 17 heavy (non-hydrogen) atoms. The highest BCUT2D eigenvalue weighted by Crippen LogP contribution is 2.25. The van der Waals surface area contributed by atoms with Gasteiger partial charge in [-0.3, -0.25) is 0 Å². The topological polar surface area (TPSA) is 42.1 Å². The molecule has 0 saturated heterocycles. The number of ether oxygens (including phenoxy) is 1. The largest absolute Gasteiger partial charge is 0.462 e. The molecule has 0 bridgehead atoms. The fourth-order valence-electron chi connectivity index (χ4n) is 1.87. The summed E-state index contributed by atoms with van der Waals surface area (Å²) in [6.45, 7) is 4.32. The van der Waals surface area contributed by atoms with Crippen LogP contribution < -0.4 is 0 Å². The molecule has 0 fully saturated rings. The van der Waals surface area contributed by atoms with Gasteiger partial charge in [0.15, 0.2) is 0 Å². The predicted octanol–water partition coefficient (Wildman–Crippen LogP) is 3.51. The van der Waals surface area contributed by atoms with Crippen LogP contribution in [0.4, 0.5) is 0 Å². The van der Waals surface area contributed by atoms with Crippen LogP contribution in [-0.2, 0) is 11.2 Å². The number of esters is 1. The third-order valence-electron chi connectivity index (χ3n) is 2.72. The van der Waals surface area contributed by atoms with Gasteiger partial charge in [-0.25, -0.2) is 4.79 Å². The van der Waals surface area contributed by atoms with E-state index in [2.05, 4.69) is 34.5 Å². The summed E-state index contributed by atoms with van der Waals surface area (Å²) in [5, 5.41) is 1.11. The second-order valence-electron chi connectivity index (χ2n) is 3.77. The first-order valence-corrected chi connectivity index (χ1v) is 6.71. The SMILES string of the molecule is CCOC(=O)c1cc(I)c2[nH]cc(CC)c2c1. The van der Waals surface area contributed by atoms with E-state index in [4.69, 9.17) is 4.74 Å². The van der Waals surface area contributed by atoms with Crippen molar-refractivity contribution in [2.24, 2.45) is 0 Å². The molecular formula is C13H14INO2. The summed E-state index contributed by atoms with van der Waals surface area (Å²) >= 11 is 2.24. The van der Waals surface area contributed by atoms with Gasteiger partial charge in [0.2, 0.25) is 0 Å². The molecule has 4 heteroatoms. The molecule has 1 aromatic carbocycles. The minimum Gasteiger partial charge on any atom is -0.462 e. The Hall–Kier alpha value is -1.04. The number of aromatic nitrogens is 1. The van der Waals surface area contributed by atoms with Crippen LogP contribution in [-0.4, -0.2) is 17.6 Å². The van der Waals surface area contributed by atoms with Crippen LogP contribution in [0, 0.1) is 3.57 Å². The van der Waals surface area contributed by atoms with Crippen LogP contribution in [0.1, 0.15) is 29.8 Å². The lowest BCUT2D eigenvalue weighted by Crippen LogP contribution is -2.04. The molecule has 0 spiro atoms. The van der Waals surface area contributed by atoms with Gasteiger partial charge in [0.25, 0.3) is 0 Å². The Bertz CT molecular complexity index is 560. The number of carbonyl (C=O) groups is 1. The number of halogens is 1. The van der Waals surface area contributed by atoms with Gasteiger partial charge in [0.1, 0.15) is 0 Å². The van der Waals surface area contributed by atoms with Gasteiger partial charge < -0.3 is 9.72 Å². The molecule has 0 amide bonds. The summed E-state index contributed by atoms with van der Waals surface area (Å²) in [6.07, 6.45) is 2.95. The van der Waals surface area contributed by atoms with Gasteiger partial charge in [-0.15, -0.1) is 0 Å². The summed E-state index contributed by atoms with van der Waals surface area (Å²) < 4.78 is 6.07. The quantitative estimate of drug-likeness (QED) is 0.685. The first kappa shape index (κ1) is 12.4. The molecule has 0 radical (unpaired) electrons. The monoisotopic (exact) mass is 343 g/mol. The summed E-state index contributed by atoms with van der Waals surface area (Å²) in [5.41, 5.74) is 2.94. The fraction of sp³-hybridized carbons (Fsp3) is 0.308. The number of aromatic amines is 1. The summed E-state index contributed by atoms with van der Waals surface area (Å²) in [4.78, 5) is 15.0. The van der Waals surface area contributed by atoms with E-state index in [0.717, 1.165) is 20.9 Å². The molecule has 1 heterocycles. The molecule has 1 N–H and O–H groups in total. The molecule has 0 aliphatic rings. The standard InChI is InChI=1S/C13H14INO2/c1-3-8-7-15-12-10(8)5-9(6-11(12)14)13(16)17-4-2/h5-7,15H,3-4H2,1-2H3. The van der Waals surface area contributed by atoms with Gasteiger partial charge in [-0.05, 0) is 53.6 Å². The Labute approximate surface area is 114 Å². The van der Waals surface area contributed by atoms with Crippen molar-refractivity contribution in [1.82, 2.24) is 4.98 Å². The number of hydrogen-bond acceptors (Lipinski definition) is 2. The van der Waals surface area contributed by atoms with Crippen molar-refractivity contribution in [2.75, 3.05) is 6.61 Å². The fourth-order valence-corrected chi connectivity index (χ4v) is 2.65. The molecule has 2 rings (SSSR count). The average Bonchev–Trinajstić information content (AvgIpc) is 2.72.